The fourth-order valence-electron chi connectivity index (χ4n) is 3.04. The lowest BCUT2D eigenvalue weighted by atomic mass is 10.1. The van der Waals surface area contributed by atoms with Crippen LogP contribution in [-0.4, -0.2) is 31.4 Å². The summed E-state index contributed by atoms with van der Waals surface area (Å²) in [5, 5.41) is 12.0. The maximum absolute atomic E-state index is 13.4. The van der Waals surface area contributed by atoms with E-state index < -0.39 is 5.82 Å². The highest BCUT2D eigenvalue weighted by atomic mass is 32.2. The Labute approximate surface area is 183 Å². The molecule has 0 unspecified atom stereocenters. The third kappa shape index (κ3) is 4.80. The van der Waals surface area contributed by atoms with Gasteiger partial charge in [0.15, 0.2) is 11.0 Å². The van der Waals surface area contributed by atoms with Crippen molar-refractivity contribution in [3.05, 3.63) is 83.9 Å². The number of pyridine rings is 1. The van der Waals surface area contributed by atoms with E-state index in [1.807, 2.05) is 28.8 Å². The van der Waals surface area contributed by atoms with Gasteiger partial charge in [0.2, 0.25) is 5.91 Å². The molecular formula is C23H20FN5OS. The molecule has 0 fully saturated rings. The van der Waals surface area contributed by atoms with E-state index in [4.69, 9.17) is 0 Å². The monoisotopic (exact) mass is 433 g/mol. The largest absolute Gasteiger partial charge is 0.325 e. The number of nitrogens with zero attached hydrogens (tertiary/aromatic N) is 4. The molecule has 4 rings (SSSR count). The number of carbonyl (C=O) groups excluding carboxylic acids is 1. The number of carbonyl (C=O) groups is 1. The van der Waals surface area contributed by atoms with Crippen LogP contribution in [0, 0.1) is 19.7 Å². The SMILES string of the molecule is Cc1ccc(-n2c(SCC(=O)Nc3cccc(F)c3)nnc2-c2ccncc2)cc1C. The molecule has 8 heteroatoms. The zero-order valence-corrected chi connectivity index (χ0v) is 17.9. The quantitative estimate of drug-likeness (QED) is 0.442. The lowest BCUT2D eigenvalue weighted by Crippen LogP contribution is -2.14. The van der Waals surface area contributed by atoms with Gasteiger partial charge >= 0.3 is 0 Å². The second-order valence-electron chi connectivity index (χ2n) is 6.99. The summed E-state index contributed by atoms with van der Waals surface area (Å²) in [5.41, 5.74) is 4.53. The third-order valence-electron chi connectivity index (χ3n) is 4.76. The first-order valence-electron chi connectivity index (χ1n) is 9.63. The second-order valence-corrected chi connectivity index (χ2v) is 7.94. The Bertz CT molecular complexity index is 1230. The van der Waals surface area contributed by atoms with Crippen molar-refractivity contribution in [2.75, 3.05) is 11.1 Å². The van der Waals surface area contributed by atoms with Gasteiger partial charge < -0.3 is 5.32 Å². The van der Waals surface area contributed by atoms with Crippen molar-refractivity contribution in [2.24, 2.45) is 0 Å². The van der Waals surface area contributed by atoms with Crippen LogP contribution >= 0.6 is 11.8 Å². The first kappa shape index (κ1) is 20.7. The van der Waals surface area contributed by atoms with E-state index in [1.54, 1.807) is 24.5 Å². The molecule has 31 heavy (non-hydrogen) atoms. The normalized spacial score (nSPS) is 10.8. The molecule has 0 saturated carbocycles. The molecule has 0 atom stereocenters. The maximum Gasteiger partial charge on any atom is 0.234 e. The lowest BCUT2D eigenvalue weighted by Gasteiger charge is -2.12. The van der Waals surface area contributed by atoms with E-state index >= 15 is 0 Å². The minimum atomic E-state index is -0.401. The first-order chi connectivity index (χ1) is 15.0. The van der Waals surface area contributed by atoms with Gasteiger partial charge in [0, 0.05) is 23.6 Å². The summed E-state index contributed by atoms with van der Waals surface area (Å²) in [7, 11) is 0. The molecule has 0 aliphatic rings. The fourth-order valence-corrected chi connectivity index (χ4v) is 3.79. The fraction of sp³-hybridized carbons (Fsp3) is 0.130. The Morgan fingerprint density at radius 1 is 1.03 bits per heavy atom. The van der Waals surface area contributed by atoms with Crippen LogP contribution in [0.3, 0.4) is 0 Å². The Hall–Kier alpha value is -3.52. The highest BCUT2D eigenvalue weighted by Gasteiger charge is 2.18. The number of rotatable bonds is 6. The summed E-state index contributed by atoms with van der Waals surface area (Å²) in [5.74, 6) is 0.117. The first-order valence-corrected chi connectivity index (χ1v) is 10.6. The summed E-state index contributed by atoms with van der Waals surface area (Å²) >= 11 is 1.27. The number of thioether (sulfide) groups is 1. The van der Waals surface area contributed by atoms with Gasteiger partial charge in [0.05, 0.1) is 11.4 Å². The molecule has 0 radical (unpaired) electrons. The van der Waals surface area contributed by atoms with E-state index in [-0.39, 0.29) is 11.7 Å². The predicted molar refractivity (Wildman–Crippen MR) is 120 cm³/mol. The molecule has 0 aliphatic carbocycles. The Morgan fingerprint density at radius 3 is 2.58 bits per heavy atom. The van der Waals surface area contributed by atoms with Gasteiger partial charge in [-0.15, -0.1) is 10.2 Å². The highest BCUT2D eigenvalue weighted by molar-refractivity contribution is 7.99. The maximum atomic E-state index is 13.4. The lowest BCUT2D eigenvalue weighted by molar-refractivity contribution is -0.113. The van der Waals surface area contributed by atoms with Crippen molar-refractivity contribution in [1.29, 1.82) is 0 Å². The average Bonchev–Trinajstić information content (AvgIpc) is 3.19. The van der Waals surface area contributed by atoms with Crippen LogP contribution in [0.15, 0.2) is 72.1 Å². The van der Waals surface area contributed by atoms with E-state index in [2.05, 4.69) is 40.4 Å². The van der Waals surface area contributed by atoms with Gasteiger partial charge in [-0.25, -0.2) is 4.39 Å². The van der Waals surface area contributed by atoms with Crippen molar-refractivity contribution >= 4 is 23.4 Å². The Kier molecular flexibility index (Phi) is 6.08. The molecule has 0 bridgehead atoms. The summed E-state index contributed by atoms with van der Waals surface area (Å²) in [4.78, 5) is 16.5. The Morgan fingerprint density at radius 2 is 1.84 bits per heavy atom. The van der Waals surface area contributed by atoms with Gasteiger partial charge in [-0.05, 0) is 67.4 Å². The third-order valence-corrected chi connectivity index (χ3v) is 5.69. The topological polar surface area (TPSA) is 72.7 Å². The molecule has 2 heterocycles. The van der Waals surface area contributed by atoms with Crippen molar-refractivity contribution < 1.29 is 9.18 Å². The van der Waals surface area contributed by atoms with Gasteiger partial charge in [-0.1, -0.05) is 23.9 Å². The molecule has 0 spiro atoms. The molecule has 6 nitrogen and oxygen atoms in total. The van der Waals surface area contributed by atoms with Crippen LogP contribution in [-0.2, 0) is 4.79 Å². The minimum absolute atomic E-state index is 0.107. The molecule has 156 valence electrons. The second kappa shape index (κ2) is 9.09. The molecule has 0 aliphatic heterocycles. The van der Waals surface area contributed by atoms with Gasteiger partial charge in [0.25, 0.3) is 0 Å². The number of aryl methyl sites for hydroxylation is 2. The van der Waals surface area contributed by atoms with Crippen molar-refractivity contribution in [2.45, 2.75) is 19.0 Å². The summed E-state index contributed by atoms with van der Waals surface area (Å²) in [6.45, 7) is 4.11. The molecule has 1 amide bonds. The van der Waals surface area contributed by atoms with Crippen LogP contribution in [0.4, 0.5) is 10.1 Å². The summed E-state index contributed by atoms with van der Waals surface area (Å²) < 4.78 is 15.3. The number of hydrogen-bond donors (Lipinski definition) is 1. The zero-order chi connectivity index (χ0) is 21.8. The highest BCUT2D eigenvalue weighted by Crippen LogP contribution is 2.28. The molecule has 4 aromatic rings. The van der Waals surface area contributed by atoms with Crippen LogP contribution in [0.5, 0.6) is 0 Å². The Balaban J connectivity index is 1.62. The number of amides is 1. The van der Waals surface area contributed by atoms with Crippen LogP contribution in [0.25, 0.3) is 17.1 Å². The zero-order valence-electron chi connectivity index (χ0n) is 17.0. The van der Waals surface area contributed by atoms with Crippen molar-refractivity contribution in [1.82, 2.24) is 19.7 Å². The van der Waals surface area contributed by atoms with E-state index in [0.717, 1.165) is 16.8 Å². The van der Waals surface area contributed by atoms with Gasteiger partial charge in [-0.2, -0.15) is 0 Å². The molecule has 1 N–H and O–H groups in total. The smallest absolute Gasteiger partial charge is 0.234 e. The standard InChI is InChI=1S/C23H20FN5OS/c1-15-6-7-20(12-16(15)2)29-22(17-8-10-25-11-9-17)27-28-23(29)31-14-21(30)26-19-5-3-4-18(24)13-19/h3-13H,14H2,1-2H3,(H,26,30). The number of halogens is 1. The minimum Gasteiger partial charge on any atom is -0.325 e. The van der Waals surface area contributed by atoms with Gasteiger partial charge in [0.1, 0.15) is 5.82 Å². The number of aromatic nitrogens is 4. The average molecular weight is 434 g/mol. The summed E-state index contributed by atoms with van der Waals surface area (Å²) in [6.07, 6.45) is 3.40. The van der Waals surface area contributed by atoms with Crippen molar-refractivity contribution in [3.63, 3.8) is 0 Å². The number of nitrogens with one attached hydrogen (secondary N) is 1. The van der Waals surface area contributed by atoms with Crippen molar-refractivity contribution in [3.8, 4) is 17.1 Å². The van der Waals surface area contributed by atoms with E-state index in [9.17, 15) is 9.18 Å². The van der Waals surface area contributed by atoms with Crippen LogP contribution in [0.1, 0.15) is 11.1 Å². The van der Waals surface area contributed by atoms with Crippen LogP contribution < -0.4 is 5.32 Å². The van der Waals surface area contributed by atoms with Gasteiger partial charge in [-0.3, -0.25) is 14.3 Å². The number of benzene rings is 2. The van der Waals surface area contributed by atoms with E-state index in [1.165, 1.54) is 29.5 Å². The molecule has 2 aromatic heterocycles. The predicted octanol–water partition coefficient (Wildman–Crippen LogP) is 4.82. The number of anilines is 1. The van der Waals surface area contributed by atoms with E-state index in [0.29, 0.717) is 16.7 Å². The number of hydrogen-bond acceptors (Lipinski definition) is 5. The molecule has 0 saturated heterocycles. The summed E-state index contributed by atoms with van der Waals surface area (Å²) in [6, 6.07) is 15.7. The molecule has 2 aromatic carbocycles. The van der Waals surface area contributed by atoms with Crippen LogP contribution in [0.2, 0.25) is 0 Å². The molecular weight excluding hydrogens is 413 g/mol.